The van der Waals surface area contributed by atoms with Gasteiger partial charge in [-0.1, -0.05) is 48.5 Å². The number of para-hydroxylation sites is 1. The molecule has 6 heteroatoms. The predicted molar refractivity (Wildman–Crippen MR) is 120 cm³/mol. The van der Waals surface area contributed by atoms with Gasteiger partial charge in [0.05, 0.1) is 19.3 Å². The Labute approximate surface area is 182 Å². The van der Waals surface area contributed by atoms with E-state index in [1.165, 1.54) is 0 Å². The van der Waals surface area contributed by atoms with Crippen LogP contribution in [0.25, 0.3) is 11.3 Å². The minimum Gasteiger partial charge on any atom is -0.496 e. The quantitative estimate of drug-likeness (QED) is 0.523. The third kappa shape index (κ3) is 5.34. The maximum atomic E-state index is 12.5. The van der Waals surface area contributed by atoms with Gasteiger partial charge < -0.3 is 19.4 Å². The van der Waals surface area contributed by atoms with E-state index in [1.807, 2.05) is 72.2 Å². The van der Waals surface area contributed by atoms with Crippen LogP contribution in [0.1, 0.15) is 35.0 Å². The molecule has 3 aromatic rings. The number of ether oxygens (including phenoxy) is 2. The Morgan fingerprint density at radius 3 is 2.45 bits per heavy atom. The zero-order valence-electron chi connectivity index (χ0n) is 18.2. The second kappa shape index (κ2) is 10.5. The minimum absolute atomic E-state index is 0.0734. The van der Waals surface area contributed by atoms with Gasteiger partial charge in [0.2, 0.25) is 5.91 Å². The largest absolute Gasteiger partial charge is 0.496 e. The van der Waals surface area contributed by atoms with E-state index in [2.05, 4.69) is 5.32 Å². The number of esters is 1. The van der Waals surface area contributed by atoms with Crippen LogP contribution in [0.4, 0.5) is 0 Å². The normalized spacial score (nSPS) is 10.5. The van der Waals surface area contributed by atoms with Crippen LogP contribution in [0.2, 0.25) is 0 Å². The molecule has 1 amide bonds. The fourth-order valence-corrected chi connectivity index (χ4v) is 3.54. The number of hydrogen-bond acceptors (Lipinski definition) is 4. The van der Waals surface area contributed by atoms with E-state index in [9.17, 15) is 9.59 Å². The summed E-state index contributed by atoms with van der Waals surface area (Å²) in [4.78, 5) is 24.9. The highest BCUT2D eigenvalue weighted by Crippen LogP contribution is 2.27. The van der Waals surface area contributed by atoms with Gasteiger partial charge in [0.15, 0.2) is 0 Å². The second-order valence-electron chi connectivity index (χ2n) is 7.11. The van der Waals surface area contributed by atoms with Crippen LogP contribution in [0.3, 0.4) is 0 Å². The fraction of sp³-hybridized carbons (Fsp3) is 0.280. The first kappa shape index (κ1) is 22.2. The van der Waals surface area contributed by atoms with E-state index in [0.29, 0.717) is 25.3 Å². The zero-order valence-corrected chi connectivity index (χ0v) is 18.2. The summed E-state index contributed by atoms with van der Waals surface area (Å²) in [6.45, 7) is 4.83. The van der Waals surface area contributed by atoms with E-state index in [0.717, 1.165) is 28.3 Å². The molecule has 0 atom stereocenters. The van der Waals surface area contributed by atoms with E-state index in [-0.39, 0.29) is 18.3 Å². The molecule has 0 unspecified atom stereocenters. The molecule has 1 aromatic heterocycles. The van der Waals surface area contributed by atoms with Gasteiger partial charge >= 0.3 is 5.97 Å². The summed E-state index contributed by atoms with van der Waals surface area (Å²) in [6.07, 6.45) is 0.284. The SMILES string of the molecule is CCOC(=O)c1cc(-c2ccccc2)n(CCC(=O)NCc2ccccc2OC)c1C. The summed E-state index contributed by atoms with van der Waals surface area (Å²) in [5.41, 5.74) is 4.10. The summed E-state index contributed by atoms with van der Waals surface area (Å²) in [7, 11) is 1.61. The Kier molecular flexibility index (Phi) is 7.49. The van der Waals surface area contributed by atoms with Crippen molar-refractivity contribution in [2.75, 3.05) is 13.7 Å². The first-order valence-electron chi connectivity index (χ1n) is 10.4. The van der Waals surface area contributed by atoms with Gasteiger partial charge in [-0.2, -0.15) is 0 Å². The number of methoxy groups -OCH3 is 1. The Morgan fingerprint density at radius 1 is 1.03 bits per heavy atom. The molecule has 3 rings (SSSR count). The molecule has 2 aromatic carbocycles. The first-order chi connectivity index (χ1) is 15.0. The molecule has 1 N–H and O–H groups in total. The van der Waals surface area contributed by atoms with Gasteiger partial charge in [-0.3, -0.25) is 4.79 Å². The maximum absolute atomic E-state index is 12.5. The van der Waals surface area contributed by atoms with Crippen LogP contribution in [-0.2, 0) is 22.6 Å². The Balaban J connectivity index is 1.75. The van der Waals surface area contributed by atoms with Crippen molar-refractivity contribution in [1.82, 2.24) is 9.88 Å². The number of benzene rings is 2. The third-order valence-electron chi connectivity index (χ3n) is 5.16. The van der Waals surface area contributed by atoms with Crippen LogP contribution in [0, 0.1) is 6.92 Å². The fourth-order valence-electron chi connectivity index (χ4n) is 3.54. The van der Waals surface area contributed by atoms with Gasteiger partial charge in [-0.05, 0) is 31.5 Å². The molecule has 0 fully saturated rings. The van der Waals surface area contributed by atoms with Gasteiger partial charge in [-0.25, -0.2) is 4.79 Å². The van der Waals surface area contributed by atoms with Crippen molar-refractivity contribution in [3.05, 3.63) is 77.5 Å². The molecule has 0 aliphatic carbocycles. The third-order valence-corrected chi connectivity index (χ3v) is 5.16. The summed E-state index contributed by atoms with van der Waals surface area (Å²) in [5.74, 6) is 0.321. The Hall–Kier alpha value is -3.54. The van der Waals surface area contributed by atoms with Crippen molar-refractivity contribution in [3.8, 4) is 17.0 Å². The van der Waals surface area contributed by atoms with E-state index in [4.69, 9.17) is 9.47 Å². The maximum Gasteiger partial charge on any atom is 0.339 e. The molecule has 0 aliphatic rings. The molecule has 0 bridgehead atoms. The summed E-state index contributed by atoms with van der Waals surface area (Å²) in [5, 5.41) is 2.95. The summed E-state index contributed by atoms with van der Waals surface area (Å²) >= 11 is 0. The van der Waals surface area contributed by atoms with Crippen LogP contribution in [-0.4, -0.2) is 30.2 Å². The van der Waals surface area contributed by atoms with Gasteiger partial charge in [0.25, 0.3) is 0 Å². The molecule has 0 aliphatic heterocycles. The monoisotopic (exact) mass is 420 g/mol. The molecule has 6 nitrogen and oxygen atoms in total. The van der Waals surface area contributed by atoms with Crippen LogP contribution < -0.4 is 10.1 Å². The number of nitrogens with one attached hydrogen (secondary N) is 1. The van der Waals surface area contributed by atoms with Crippen LogP contribution >= 0.6 is 0 Å². The standard InChI is InChI=1S/C25H28N2O4/c1-4-31-25(29)21-16-22(19-10-6-5-7-11-19)27(18(21)2)15-14-24(28)26-17-20-12-8-9-13-23(20)30-3/h5-13,16H,4,14-15,17H2,1-3H3,(H,26,28). The number of nitrogens with zero attached hydrogens (tertiary/aromatic N) is 1. The predicted octanol–water partition coefficient (Wildman–Crippen LogP) is 4.36. The molecule has 162 valence electrons. The smallest absolute Gasteiger partial charge is 0.339 e. The van der Waals surface area contributed by atoms with E-state index >= 15 is 0 Å². The van der Waals surface area contributed by atoms with Crippen molar-refractivity contribution < 1.29 is 19.1 Å². The van der Waals surface area contributed by atoms with E-state index in [1.54, 1.807) is 14.0 Å². The lowest BCUT2D eigenvalue weighted by Gasteiger charge is -2.13. The average molecular weight is 421 g/mol. The lowest BCUT2D eigenvalue weighted by Crippen LogP contribution is -2.24. The number of carbonyl (C=O) groups excluding carboxylic acids is 2. The molecule has 0 spiro atoms. The highest BCUT2D eigenvalue weighted by molar-refractivity contribution is 5.92. The van der Waals surface area contributed by atoms with Crippen molar-refractivity contribution >= 4 is 11.9 Å². The van der Waals surface area contributed by atoms with Crippen molar-refractivity contribution in [2.24, 2.45) is 0 Å². The molecular weight excluding hydrogens is 392 g/mol. The van der Waals surface area contributed by atoms with Crippen molar-refractivity contribution in [1.29, 1.82) is 0 Å². The highest BCUT2D eigenvalue weighted by atomic mass is 16.5. The Bertz CT molecular complexity index is 1040. The second-order valence-corrected chi connectivity index (χ2v) is 7.11. The van der Waals surface area contributed by atoms with Gasteiger partial charge in [-0.15, -0.1) is 0 Å². The molecule has 31 heavy (non-hydrogen) atoms. The number of amides is 1. The van der Waals surface area contributed by atoms with E-state index < -0.39 is 0 Å². The van der Waals surface area contributed by atoms with Crippen molar-refractivity contribution in [3.63, 3.8) is 0 Å². The van der Waals surface area contributed by atoms with Gasteiger partial charge in [0, 0.05) is 36.5 Å². The topological polar surface area (TPSA) is 69.6 Å². The number of hydrogen-bond donors (Lipinski definition) is 1. The lowest BCUT2D eigenvalue weighted by atomic mass is 10.1. The number of aromatic nitrogens is 1. The number of rotatable bonds is 9. The van der Waals surface area contributed by atoms with Gasteiger partial charge in [0.1, 0.15) is 5.75 Å². The highest BCUT2D eigenvalue weighted by Gasteiger charge is 2.20. The van der Waals surface area contributed by atoms with Crippen LogP contribution in [0.5, 0.6) is 5.75 Å². The number of carbonyl (C=O) groups is 2. The zero-order chi connectivity index (χ0) is 22.2. The van der Waals surface area contributed by atoms with Crippen molar-refractivity contribution in [2.45, 2.75) is 33.4 Å². The molecule has 0 radical (unpaired) electrons. The molecule has 1 heterocycles. The average Bonchev–Trinajstić information content (AvgIpc) is 3.13. The molecule has 0 saturated carbocycles. The minimum atomic E-state index is -0.350. The summed E-state index contributed by atoms with van der Waals surface area (Å²) in [6, 6.07) is 19.3. The first-order valence-corrected chi connectivity index (χ1v) is 10.4. The molecule has 0 saturated heterocycles. The summed E-state index contributed by atoms with van der Waals surface area (Å²) < 4.78 is 12.5. The lowest BCUT2D eigenvalue weighted by molar-refractivity contribution is -0.121. The Morgan fingerprint density at radius 2 is 1.74 bits per heavy atom. The molecular formula is C25H28N2O4. The van der Waals surface area contributed by atoms with Crippen LogP contribution in [0.15, 0.2) is 60.7 Å².